The zero-order chi connectivity index (χ0) is 12.1. The van der Waals surface area contributed by atoms with E-state index in [0.717, 1.165) is 17.9 Å². The summed E-state index contributed by atoms with van der Waals surface area (Å²) < 4.78 is 0. The predicted molar refractivity (Wildman–Crippen MR) is 72.0 cm³/mol. The van der Waals surface area contributed by atoms with Crippen LogP contribution in [0.15, 0.2) is 18.5 Å². The molecule has 0 aromatic carbocycles. The van der Waals surface area contributed by atoms with Crippen LogP contribution in [0.2, 0.25) is 0 Å². The minimum Gasteiger partial charge on any atom is -0.396 e. The summed E-state index contributed by atoms with van der Waals surface area (Å²) in [6.07, 6.45) is 7.52. The lowest BCUT2D eigenvalue weighted by molar-refractivity contribution is 0.223. The molecule has 0 radical (unpaired) electrons. The quantitative estimate of drug-likeness (QED) is 0.836. The number of nitrogens with two attached hydrogens (primary N) is 1. The SMILES string of the molecule is CC(CN1CCCCC1)Nc1ccncc1N. The highest BCUT2D eigenvalue weighted by molar-refractivity contribution is 5.64. The van der Waals surface area contributed by atoms with Crippen LogP contribution in [0.1, 0.15) is 26.2 Å². The summed E-state index contributed by atoms with van der Waals surface area (Å²) in [5.41, 5.74) is 7.57. The van der Waals surface area contributed by atoms with Crippen molar-refractivity contribution in [3.8, 4) is 0 Å². The van der Waals surface area contributed by atoms with Gasteiger partial charge in [0.2, 0.25) is 0 Å². The Kier molecular flexibility index (Phi) is 4.20. The van der Waals surface area contributed by atoms with Crippen molar-refractivity contribution in [1.82, 2.24) is 9.88 Å². The molecule has 1 saturated heterocycles. The van der Waals surface area contributed by atoms with Crippen LogP contribution in [0.3, 0.4) is 0 Å². The molecule has 2 heterocycles. The molecule has 2 rings (SSSR count). The molecule has 0 bridgehead atoms. The lowest BCUT2D eigenvalue weighted by Crippen LogP contribution is -2.38. The van der Waals surface area contributed by atoms with Crippen molar-refractivity contribution >= 4 is 11.4 Å². The molecule has 4 nitrogen and oxygen atoms in total. The monoisotopic (exact) mass is 234 g/mol. The molecule has 1 aromatic rings. The number of nitrogens with zero attached hydrogens (tertiary/aromatic N) is 2. The Bertz CT molecular complexity index is 347. The Labute approximate surface area is 103 Å². The minimum absolute atomic E-state index is 0.415. The number of anilines is 2. The zero-order valence-corrected chi connectivity index (χ0v) is 10.5. The van der Waals surface area contributed by atoms with E-state index in [0.29, 0.717) is 6.04 Å². The first-order valence-electron chi connectivity index (χ1n) is 6.44. The number of rotatable bonds is 4. The topological polar surface area (TPSA) is 54.2 Å². The molecule has 1 aliphatic heterocycles. The normalized spacial score (nSPS) is 18.9. The van der Waals surface area contributed by atoms with Crippen LogP contribution in [-0.2, 0) is 0 Å². The van der Waals surface area contributed by atoms with Gasteiger partial charge in [0.15, 0.2) is 0 Å². The van der Waals surface area contributed by atoms with Crippen molar-refractivity contribution in [2.45, 2.75) is 32.2 Å². The van der Waals surface area contributed by atoms with Gasteiger partial charge in [0.25, 0.3) is 0 Å². The molecule has 1 fully saturated rings. The first-order chi connectivity index (χ1) is 8.25. The fourth-order valence-corrected chi connectivity index (χ4v) is 2.38. The van der Waals surface area contributed by atoms with Gasteiger partial charge in [-0.05, 0) is 38.9 Å². The molecule has 3 N–H and O–H groups in total. The lowest BCUT2D eigenvalue weighted by atomic mass is 10.1. The van der Waals surface area contributed by atoms with Crippen LogP contribution in [0.25, 0.3) is 0 Å². The van der Waals surface area contributed by atoms with Gasteiger partial charge in [-0.1, -0.05) is 6.42 Å². The third kappa shape index (κ3) is 3.60. The highest BCUT2D eigenvalue weighted by Crippen LogP contribution is 2.17. The van der Waals surface area contributed by atoms with Crippen LogP contribution in [-0.4, -0.2) is 35.6 Å². The molecular weight excluding hydrogens is 212 g/mol. The zero-order valence-electron chi connectivity index (χ0n) is 10.5. The molecule has 4 heteroatoms. The summed E-state index contributed by atoms with van der Waals surface area (Å²) in [5.74, 6) is 0. The summed E-state index contributed by atoms with van der Waals surface area (Å²) in [5, 5.41) is 3.45. The van der Waals surface area contributed by atoms with Crippen molar-refractivity contribution < 1.29 is 0 Å². The summed E-state index contributed by atoms with van der Waals surface area (Å²) in [7, 11) is 0. The standard InChI is InChI=1S/C13H22N4/c1-11(10-17-7-3-2-4-8-17)16-13-5-6-15-9-12(13)14/h5-6,9,11H,2-4,7-8,10,14H2,1H3,(H,15,16). The molecule has 0 aliphatic carbocycles. The van der Waals surface area contributed by atoms with Gasteiger partial charge in [-0.15, -0.1) is 0 Å². The van der Waals surface area contributed by atoms with Crippen molar-refractivity contribution in [2.24, 2.45) is 0 Å². The lowest BCUT2D eigenvalue weighted by Gasteiger charge is -2.29. The van der Waals surface area contributed by atoms with Gasteiger partial charge >= 0.3 is 0 Å². The van der Waals surface area contributed by atoms with E-state index in [4.69, 9.17) is 5.73 Å². The predicted octanol–water partition coefficient (Wildman–Crippen LogP) is 1.95. The van der Waals surface area contributed by atoms with Crippen LogP contribution >= 0.6 is 0 Å². The molecule has 0 saturated carbocycles. The van der Waals surface area contributed by atoms with E-state index in [9.17, 15) is 0 Å². The third-order valence-electron chi connectivity index (χ3n) is 3.23. The number of nitrogen functional groups attached to an aromatic ring is 1. The van der Waals surface area contributed by atoms with Crippen LogP contribution in [0, 0.1) is 0 Å². The van der Waals surface area contributed by atoms with E-state index in [1.807, 2.05) is 6.07 Å². The fourth-order valence-electron chi connectivity index (χ4n) is 2.38. The second kappa shape index (κ2) is 5.87. The summed E-state index contributed by atoms with van der Waals surface area (Å²) in [4.78, 5) is 6.52. The van der Waals surface area contributed by atoms with Crippen molar-refractivity contribution in [2.75, 3.05) is 30.7 Å². The Morgan fingerprint density at radius 3 is 2.88 bits per heavy atom. The van der Waals surface area contributed by atoms with Gasteiger partial charge in [0.05, 0.1) is 17.6 Å². The Hall–Kier alpha value is -1.29. The van der Waals surface area contributed by atoms with Crippen LogP contribution < -0.4 is 11.1 Å². The van der Waals surface area contributed by atoms with Gasteiger partial charge < -0.3 is 16.0 Å². The summed E-state index contributed by atoms with van der Waals surface area (Å²) in [6.45, 7) is 5.76. The number of aromatic nitrogens is 1. The molecule has 0 spiro atoms. The van der Waals surface area contributed by atoms with E-state index in [2.05, 4.69) is 22.1 Å². The molecule has 17 heavy (non-hydrogen) atoms. The minimum atomic E-state index is 0.415. The highest BCUT2D eigenvalue weighted by atomic mass is 15.2. The number of likely N-dealkylation sites (tertiary alicyclic amines) is 1. The molecule has 94 valence electrons. The second-order valence-electron chi connectivity index (χ2n) is 4.87. The molecular formula is C13H22N4. The second-order valence-corrected chi connectivity index (χ2v) is 4.87. The van der Waals surface area contributed by atoms with Gasteiger partial charge in [0, 0.05) is 18.8 Å². The van der Waals surface area contributed by atoms with Gasteiger partial charge in [0.1, 0.15) is 0 Å². The molecule has 1 aromatic heterocycles. The first-order valence-corrected chi connectivity index (χ1v) is 6.44. The maximum atomic E-state index is 5.86. The first kappa shape index (κ1) is 12.2. The van der Waals surface area contributed by atoms with Crippen LogP contribution in [0.4, 0.5) is 11.4 Å². The van der Waals surface area contributed by atoms with E-state index in [1.54, 1.807) is 12.4 Å². The maximum absolute atomic E-state index is 5.86. The summed E-state index contributed by atoms with van der Waals surface area (Å²) in [6, 6.07) is 2.35. The average Bonchev–Trinajstić information content (AvgIpc) is 2.33. The highest BCUT2D eigenvalue weighted by Gasteiger charge is 2.13. The van der Waals surface area contributed by atoms with Crippen molar-refractivity contribution in [3.63, 3.8) is 0 Å². The van der Waals surface area contributed by atoms with E-state index < -0.39 is 0 Å². The maximum Gasteiger partial charge on any atom is 0.0736 e. The molecule has 0 amide bonds. The Balaban J connectivity index is 1.84. The van der Waals surface area contributed by atoms with Gasteiger partial charge in [-0.2, -0.15) is 0 Å². The fraction of sp³-hybridized carbons (Fsp3) is 0.615. The number of piperidine rings is 1. The van der Waals surface area contributed by atoms with E-state index >= 15 is 0 Å². The number of nitrogens with one attached hydrogen (secondary N) is 1. The summed E-state index contributed by atoms with van der Waals surface area (Å²) >= 11 is 0. The number of hydrogen-bond donors (Lipinski definition) is 2. The van der Waals surface area contributed by atoms with Crippen molar-refractivity contribution in [3.05, 3.63) is 18.5 Å². The third-order valence-corrected chi connectivity index (χ3v) is 3.23. The van der Waals surface area contributed by atoms with Crippen molar-refractivity contribution in [1.29, 1.82) is 0 Å². The average molecular weight is 234 g/mol. The number of pyridine rings is 1. The van der Waals surface area contributed by atoms with E-state index in [1.165, 1.54) is 32.4 Å². The Morgan fingerprint density at radius 1 is 1.41 bits per heavy atom. The molecule has 1 atom stereocenters. The van der Waals surface area contributed by atoms with Gasteiger partial charge in [-0.3, -0.25) is 4.98 Å². The largest absolute Gasteiger partial charge is 0.396 e. The molecule has 1 aliphatic rings. The van der Waals surface area contributed by atoms with Crippen LogP contribution in [0.5, 0.6) is 0 Å². The molecule has 1 unspecified atom stereocenters. The van der Waals surface area contributed by atoms with Gasteiger partial charge in [-0.25, -0.2) is 0 Å². The van der Waals surface area contributed by atoms with E-state index in [-0.39, 0.29) is 0 Å². The number of hydrogen-bond acceptors (Lipinski definition) is 4. The Morgan fingerprint density at radius 2 is 2.18 bits per heavy atom. The smallest absolute Gasteiger partial charge is 0.0736 e.